The summed E-state index contributed by atoms with van der Waals surface area (Å²) in [5.41, 5.74) is 0.694. The minimum Gasteiger partial charge on any atom is -0.464 e. The van der Waals surface area contributed by atoms with Gasteiger partial charge in [-0.3, -0.25) is 0 Å². The van der Waals surface area contributed by atoms with Gasteiger partial charge in [-0.25, -0.2) is 4.79 Å². The lowest BCUT2D eigenvalue weighted by Gasteiger charge is -2.13. The maximum atomic E-state index is 11.2. The molecule has 0 saturated heterocycles. The molecule has 0 aliphatic heterocycles. The number of methoxy groups -OCH3 is 1. The van der Waals surface area contributed by atoms with Crippen molar-refractivity contribution in [1.82, 2.24) is 10.2 Å². The van der Waals surface area contributed by atoms with Gasteiger partial charge in [0.25, 0.3) is 0 Å². The summed E-state index contributed by atoms with van der Waals surface area (Å²) in [6.07, 6.45) is -0.821. The smallest absolute Gasteiger partial charge is 0.358 e. The summed E-state index contributed by atoms with van der Waals surface area (Å²) in [6, 6.07) is 7.89. The second-order valence-corrected chi connectivity index (χ2v) is 5.27. The molecule has 1 aromatic carbocycles. The van der Waals surface area contributed by atoms with E-state index < -0.39 is 12.1 Å². The van der Waals surface area contributed by atoms with Crippen molar-refractivity contribution in [3.05, 3.63) is 51.6 Å². The summed E-state index contributed by atoms with van der Waals surface area (Å²) in [5, 5.41) is 21.5. The zero-order valence-corrected chi connectivity index (χ0v) is 13.1. The Balaban J connectivity index is 1.98. The molecule has 22 heavy (non-hydrogen) atoms. The number of benzene rings is 1. The van der Waals surface area contributed by atoms with Crippen LogP contribution in [0.2, 0.25) is 10.0 Å². The normalized spacial score (nSPS) is 11.8. The molecule has 1 heterocycles. The van der Waals surface area contributed by atoms with Crippen molar-refractivity contribution < 1.29 is 14.6 Å². The summed E-state index contributed by atoms with van der Waals surface area (Å²) < 4.78 is 4.53. The van der Waals surface area contributed by atoms with Crippen molar-refractivity contribution in [2.75, 3.05) is 19.0 Å². The van der Waals surface area contributed by atoms with E-state index in [1.807, 2.05) is 0 Å². The lowest BCUT2D eigenvalue weighted by atomic mass is 10.1. The van der Waals surface area contributed by atoms with Crippen LogP contribution in [0.25, 0.3) is 0 Å². The first-order valence-corrected chi connectivity index (χ1v) is 7.05. The van der Waals surface area contributed by atoms with Gasteiger partial charge in [-0.05, 0) is 35.9 Å². The van der Waals surface area contributed by atoms with Crippen molar-refractivity contribution in [2.45, 2.75) is 6.10 Å². The van der Waals surface area contributed by atoms with E-state index in [1.165, 1.54) is 13.2 Å². The topological polar surface area (TPSA) is 84.3 Å². The second-order valence-electron chi connectivity index (χ2n) is 4.39. The fourth-order valence-corrected chi connectivity index (χ4v) is 2.27. The summed E-state index contributed by atoms with van der Waals surface area (Å²) >= 11 is 11.8. The minimum absolute atomic E-state index is 0.107. The number of anilines is 1. The highest BCUT2D eigenvalue weighted by Gasteiger charge is 2.11. The summed E-state index contributed by atoms with van der Waals surface area (Å²) in [7, 11) is 1.27. The first kappa shape index (κ1) is 16.5. The number of hydrogen-bond acceptors (Lipinski definition) is 6. The van der Waals surface area contributed by atoms with Crippen molar-refractivity contribution in [2.24, 2.45) is 0 Å². The highest BCUT2D eigenvalue weighted by atomic mass is 35.5. The first-order valence-electron chi connectivity index (χ1n) is 6.29. The van der Waals surface area contributed by atoms with E-state index in [-0.39, 0.29) is 12.2 Å². The molecule has 2 aromatic rings. The number of aromatic nitrogens is 2. The van der Waals surface area contributed by atoms with Crippen LogP contribution in [0.15, 0.2) is 30.3 Å². The Bertz CT molecular complexity index is 645. The van der Waals surface area contributed by atoms with E-state index in [2.05, 4.69) is 20.3 Å². The number of carbonyl (C=O) groups is 1. The molecule has 6 nitrogen and oxygen atoms in total. The molecule has 1 atom stereocenters. The van der Waals surface area contributed by atoms with Gasteiger partial charge in [-0.1, -0.05) is 23.2 Å². The van der Waals surface area contributed by atoms with E-state index in [0.29, 0.717) is 21.4 Å². The number of ether oxygens (including phenoxy) is 1. The van der Waals surface area contributed by atoms with E-state index >= 15 is 0 Å². The minimum atomic E-state index is -0.821. The number of hydrogen-bond donors (Lipinski definition) is 2. The molecule has 0 radical (unpaired) electrons. The maximum Gasteiger partial charge on any atom is 0.358 e. The van der Waals surface area contributed by atoms with Crippen molar-refractivity contribution in [3.8, 4) is 0 Å². The molecule has 8 heteroatoms. The Labute approximate surface area is 137 Å². The van der Waals surface area contributed by atoms with Crippen LogP contribution in [-0.2, 0) is 4.74 Å². The third-order valence-electron chi connectivity index (χ3n) is 2.81. The standard InChI is InChI=1S/C14H13Cl2N3O3/c1-22-14(21)11-2-3-13(19-18-11)17-7-12(20)8-4-9(15)6-10(16)5-8/h2-6,12,20H,7H2,1H3,(H,17,19). The molecule has 1 unspecified atom stereocenters. The molecule has 1 aromatic heterocycles. The Kier molecular flexibility index (Phi) is 5.54. The summed E-state index contributed by atoms with van der Waals surface area (Å²) in [5.74, 6) is -0.146. The zero-order valence-electron chi connectivity index (χ0n) is 11.6. The molecule has 0 fully saturated rings. The van der Waals surface area contributed by atoms with Crippen LogP contribution >= 0.6 is 23.2 Å². The third-order valence-corrected chi connectivity index (χ3v) is 3.24. The van der Waals surface area contributed by atoms with Gasteiger partial charge in [0, 0.05) is 16.6 Å². The highest BCUT2D eigenvalue weighted by molar-refractivity contribution is 6.34. The molecule has 2 rings (SSSR count). The van der Waals surface area contributed by atoms with Gasteiger partial charge in [0.2, 0.25) is 0 Å². The third kappa shape index (κ3) is 4.30. The van der Waals surface area contributed by atoms with Crippen molar-refractivity contribution >= 4 is 35.0 Å². The van der Waals surface area contributed by atoms with Crippen LogP contribution in [0.3, 0.4) is 0 Å². The first-order chi connectivity index (χ1) is 10.5. The van der Waals surface area contributed by atoms with Crippen LogP contribution in [0.5, 0.6) is 0 Å². The van der Waals surface area contributed by atoms with Crippen LogP contribution in [0.4, 0.5) is 5.82 Å². The molecule has 0 spiro atoms. The lowest BCUT2D eigenvalue weighted by Crippen LogP contribution is -2.14. The predicted molar refractivity (Wildman–Crippen MR) is 83.3 cm³/mol. The molecular formula is C14H13Cl2N3O3. The van der Waals surface area contributed by atoms with Crippen molar-refractivity contribution in [1.29, 1.82) is 0 Å². The van der Waals surface area contributed by atoms with E-state index in [0.717, 1.165) is 0 Å². The fraction of sp³-hybridized carbons (Fsp3) is 0.214. The fourth-order valence-electron chi connectivity index (χ4n) is 1.73. The quantitative estimate of drug-likeness (QED) is 0.813. The monoisotopic (exact) mass is 341 g/mol. The van der Waals surface area contributed by atoms with Crippen molar-refractivity contribution in [3.63, 3.8) is 0 Å². The number of rotatable bonds is 5. The average Bonchev–Trinajstić information content (AvgIpc) is 2.51. The van der Waals surface area contributed by atoms with Gasteiger partial charge in [-0.2, -0.15) is 0 Å². The van der Waals surface area contributed by atoms with Crippen LogP contribution in [0, 0.1) is 0 Å². The lowest BCUT2D eigenvalue weighted by molar-refractivity contribution is 0.0592. The molecule has 116 valence electrons. The number of halogens is 2. The number of aliphatic hydroxyl groups is 1. The largest absolute Gasteiger partial charge is 0.464 e. The van der Waals surface area contributed by atoms with E-state index in [9.17, 15) is 9.90 Å². The van der Waals surface area contributed by atoms with Gasteiger partial charge in [0.1, 0.15) is 5.82 Å². The molecule has 0 saturated carbocycles. The highest BCUT2D eigenvalue weighted by Crippen LogP contribution is 2.23. The van der Waals surface area contributed by atoms with Crippen LogP contribution in [0.1, 0.15) is 22.2 Å². The molecule has 0 aliphatic rings. The predicted octanol–water partition coefficient (Wildman–Crippen LogP) is 2.72. The maximum absolute atomic E-state index is 11.2. The van der Waals surface area contributed by atoms with Gasteiger partial charge < -0.3 is 15.2 Å². The number of nitrogens with one attached hydrogen (secondary N) is 1. The molecular weight excluding hydrogens is 329 g/mol. The Morgan fingerprint density at radius 1 is 1.27 bits per heavy atom. The molecule has 2 N–H and O–H groups in total. The summed E-state index contributed by atoms with van der Waals surface area (Å²) in [4.78, 5) is 11.2. The van der Waals surface area contributed by atoms with Gasteiger partial charge in [0.15, 0.2) is 5.69 Å². The molecule has 0 amide bonds. The van der Waals surface area contributed by atoms with Gasteiger partial charge in [0.05, 0.1) is 13.2 Å². The molecule has 0 aliphatic carbocycles. The zero-order chi connectivity index (χ0) is 16.1. The van der Waals surface area contributed by atoms with Gasteiger partial charge in [-0.15, -0.1) is 10.2 Å². The van der Waals surface area contributed by atoms with E-state index in [1.54, 1.807) is 24.3 Å². The Morgan fingerprint density at radius 3 is 2.50 bits per heavy atom. The average molecular weight is 342 g/mol. The van der Waals surface area contributed by atoms with E-state index in [4.69, 9.17) is 23.2 Å². The number of nitrogens with zero attached hydrogens (tertiary/aromatic N) is 2. The SMILES string of the molecule is COC(=O)c1ccc(NCC(O)c2cc(Cl)cc(Cl)c2)nn1. The Hall–Kier alpha value is -1.89. The van der Waals surface area contributed by atoms with Gasteiger partial charge >= 0.3 is 5.97 Å². The van der Waals surface area contributed by atoms with Crippen LogP contribution in [-0.4, -0.2) is 34.9 Å². The Morgan fingerprint density at radius 2 is 1.95 bits per heavy atom. The number of carbonyl (C=O) groups excluding carboxylic acids is 1. The summed E-state index contributed by atoms with van der Waals surface area (Å²) in [6.45, 7) is 0.183. The molecule has 0 bridgehead atoms. The number of aliphatic hydroxyl groups excluding tert-OH is 1. The number of esters is 1. The van der Waals surface area contributed by atoms with Crippen LogP contribution < -0.4 is 5.32 Å². The second kappa shape index (κ2) is 7.40.